The maximum absolute atomic E-state index is 13.3. The monoisotopic (exact) mass is 412 g/mol. The van der Waals surface area contributed by atoms with Gasteiger partial charge in [0.1, 0.15) is 11.6 Å². The summed E-state index contributed by atoms with van der Waals surface area (Å²) in [7, 11) is 0. The molecule has 160 valence electrons. The van der Waals surface area contributed by atoms with Crippen molar-refractivity contribution in [3.05, 3.63) is 60.2 Å². The van der Waals surface area contributed by atoms with E-state index < -0.39 is 29.3 Å². The molecule has 2 aliphatic rings. The SMILES string of the molecule is CC(C)(C)OC(=O)N[C@H]1CC2(C=CC(=O)C=C2)N([C@H](CO)Cc2ccccc2)C1=O. The van der Waals surface area contributed by atoms with Gasteiger partial charge in [-0.1, -0.05) is 42.5 Å². The normalized spacial score (nSPS) is 21.2. The van der Waals surface area contributed by atoms with Crippen LogP contribution in [0.5, 0.6) is 0 Å². The van der Waals surface area contributed by atoms with E-state index in [1.165, 1.54) is 12.2 Å². The molecule has 3 rings (SSSR count). The number of likely N-dealkylation sites (tertiary alicyclic amines) is 1. The van der Waals surface area contributed by atoms with Crippen LogP contribution in [0.4, 0.5) is 4.79 Å². The number of amides is 2. The molecule has 7 heteroatoms. The van der Waals surface area contributed by atoms with E-state index in [2.05, 4.69) is 5.32 Å². The summed E-state index contributed by atoms with van der Waals surface area (Å²) in [5, 5.41) is 12.8. The summed E-state index contributed by atoms with van der Waals surface area (Å²) in [4.78, 5) is 38.9. The van der Waals surface area contributed by atoms with Crippen molar-refractivity contribution in [3.8, 4) is 0 Å². The maximum atomic E-state index is 13.3. The highest BCUT2D eigenvalue weighted by Gasteiger charge is 2.52. The van der Waals surface area contributed by atoms with Crippen LogP contribution in [0.15, 0.2) is 54.6 Å². The smallest absolute Gasteiger partial charge is 0.408 e. The number of ketones is 1. The Morgan fingerprint density at radius 1 is 1.23 bits per heavy atom. The average Bonchev–Trinajstić information content (AvgIpc) is 2.93. The first-order valence-corrected chi connectivity index (χ1v) is 10.0. The van der Waals surface area contributed by atoms with Crippen LogP contribution in [-0.2, 0) is 20.7 Å². The Labute approximate surface area is 176 Å². The minimum absolute atomic E-state index is 0.166. The van der Waals surface area contributed by atoms with Gasteiger partial charge in [-0.15, -0.1) is 0 Å². The van der Waals surface area contributed by atoms with Crippen molar-refractivity contribution < 1.29 is 24.2 Å². The van der Waals surface area contributed by atoms with Crippen LogP contribution < -0.4 is 5.32 Å². The third kappa shape index (κ3) is 4.79. The third-order valence-corrected chi connectivity index (χ3v) is 5.17. The first kappa shape index (κ1) is 21.8. The fraction of sp³-hybridized carbons (Fsp3) is 0.435. The van der Waals surface area contributed by atoms with Gasteiger partial charge in [-0.3, -0.25) is 9.59 Å². The number of rotatable bonds is 5. The highest BCUT2D eigenvalue weighted by atomic mass is 16.6. The van der Waals surface area contributed by atoms with Gasteiger partial charge >= 0.3 is 6.09 Å². The van der Waals surface area contributed by atoms with E-state index in [-0.39, 0.29) is 24.7 Å². The molecule has 7 nitrogen and oxygen atoms in total. The predicted octanol–water partition coefficient (Wildman–Crippen LogP) is 2.15. The number of nitrogens with one attached hydrogen (secondary N) is 1. The van der Waals surface area contributed by atoms with E-state index in [0.717, 1.165) is 5.56 Å². The van der Waals surface area contributed by atoms with Gasteiger partial charge in [0, 0.05) is 6.42 Å². The van der Waals surface area contributed by atoms with E-state index >= 15 is 0 Å². The summed E-state index contributed by atoms with van der Waals surface area (Å²) in [6.07, 6.45) is 6.22. The first-order chi connectivity index (χ1) is 14.1. The van der Waals surface area contributed by atoms with E-state index in [1.807, 2.05) is 30.3 Å². The molecule has 2 atom stereocenters. The van der Waals surface area contributed by atoms with Crippen LogP contribution >= 0.6 is 0 Å². The molecule has 0 saturated carbocycles. The number of carbonyl (C=O) groups excluding carboxylic acids is 3. The van der Waals surface area contributed by atoms with Crippen molar-refractivity contribution in [1.82, 2.24) is 10.2 Å². The van der Waals surface area contributed by atoms with E-state index in [1.54, 1.807) is 37.8 Å². The summed E-state index contributed by atoms with van der Waals surface area (Å²) in [5.74, 6) is -0.486. The number of allylic oxidation sites excluding steroid dienone is 2. The Hall–Kier alpha value is -2.93. The second-order valence-electron chi connectivity index (χ2n) is 8.70. The van der Waals surface area contributed by atoms with Crippen molar-refractivity contribution >= 4 is 17.8 Å². The molecule has 1 heterocycles. The van der Waals surface area contributed by atoms with Crippen molar-refractivity contribution in [3.63, 3.8) is 0 Å². The summed E-state index contributed by atoms with van der Waals surface area (Å²) in [6.45, 7) is 4.99. The van der Waals surface area contributed by atoms with E-state index in [0.29, 0.717) is 6.42 Å². The van der Waals surface area contributed by atoms with Crippen LogP contribution in [0.1, 0.15) is 32.8 Å². The molecule has 0 radical (unpaired) electrons. The van der Waals surface area contributed by atoms with Gasteiger partial charge in [0.15, 0.2) is 5.78 Å². The largest absolute Gasteiger partial charge is 0.444 e. The molecule has 2 N–H and O–H groups in total. The number of ether oxygens (including phenoxy) is 1. The summed E-state index contributed by atoms with van der Waals surface area (Å²) in [5.41, 5.74) is -0.614. The van der Waals surface area contributed by atoms with Gasteiger partial charge in [-0.25, -0.2) is 4.79 Å². The second-order valence-corrected chi connectivity index (χ2v) is 8.70. The molecular weight excluding hydrogens is 384 g/mol. The van der Waals surface area contributed by atoms with Gasteiger partial charge in [0.05, 0.1) is 18.2 Å². The van der Waals surface area contributed by atoms with E-state index in [4.69, 9.17) is 4.74 Å². The number of benzene rings is 1. The lowest BCUT2D eigenvalue weighted by molar-refractivity contribution is -0.134. The lowest BCUT2D eigenvalue weighted by Gasteiger charge is -2.39. The molecule has 1 spiro atoms. The number of aliphatic hydroxyl groups excluding tert-OH is 1. The number of alkyl carbamates (subject to hydrolysis) is 1. The number of nitrogens with zero attached hydrogens (tertiary/aromatic N) is 1. The Kier molecular flexibility index (Phi) is 6.12. The standard InChI is InChI=1S/C23H28N2O5/c1-22(2,3)30-21(29)24-19-14-23(11-9-18(27)10-12-23)25(20(19)28)17(15-26)13-16-7-5-4-6-8-16/h4-12,17,19,26H,13-15H2,1-3H3,(H,24,29)/t17-,19-/m0/s1. The topological polar surface area (TPSA) is 95.9 Å². The van der Waals surface area contributed by atoms with Gasteiger partial charge in [-0.2, -0.15) is 0 Å². The lowest BCUT2D eigenvalue weighted by atomic mass is 9.88. The van der Waals surface area contributed by atoms with Gasteiger partial charge in [0.25, 0.3) is 0 Å². The predicted molar refractivity (Wildman–Crippen MR) is 112 cm³/mol. The Balaban J connectivity index is 1.88. The fourth-order valence-electron chi connectivity index (χ4n) is 3.95. The van der Waals surface area contributed by atoms with Crippen molar-refractivity contribution in [2.45, 2.75) is 56.8 Å². The molecule has 1 aliphatic heterocycles. The quantitative estimate of drug-likeness (QED) is 0.773. The molecule has 0 aromatic heterocycles. The molecular formula is C23H28N2O5. The minimum atomic E-state index is -0.896. The second kappa shape index (κ2) is 8.44. The van der Waals surface area contributed by atoms with Crippen LogP contribution in [0.25, 0.3) is 0 Å². The molecule has 0 unspecified atom stereocenters. The van der Waals surface area contributed by atoms with Crippen LogP contribution in [0.2, 0.25) is 0 Å². The molecule has 0 bridgehead atoms. The molecule has 2 amide bonds. The van der Waals surface area contributed by atoms with Crippen LogP contribution in [-0.4, -0.2) is 57.6 Å². The lowest BCUT2D eigenvalue weighted by Crippen LogP contribution is -2.53. The summed E-state index contributed by atoms with van der Waals surface area (Å²) in [6, 6.07) is 8.22. The molecule has 1 fully saturated rings. The molecule has 1 aromatic rings. The van der Waals surface area contributed by atoms with Crippen LogP contribution in [0.3, 0.4) is 0 Å². The van der Waals surface area contributed by atoms with Crippen molar-refractivity contribution in [1.29, 1.82) is 0 Å². The Morgan fingerprint density at radius 3 is 2.43 bits per heavy atom. The Bertz CT molecular complexity index is 853. The summed E-state index contributed by atoms with van der Waals surface area (Å²) < 4.78 is 5.30. The summed E-state index contributed by atoms with van der Waals surface area (Å²) >= 11 is 0. The first-order valence-electron chi connectivity index (χ1n) is 10.0. The molecule has 1 saturated heterocycles. The zero-order chi connectivity index (χ0) is 21.9. The van der Waals surface area contributed by atoms with Gasteiger partial charge < -0.3 is 20.1 Å². The number of hydrogen-bond donors (Lipinski definition) is 2. The van der Waals surface area contributed by atoms with Gasteiger partial charge in [0.2, 0.25) is 5.91 Å². The van der Waals surface area contributed by atoms with E-state index in [9.17, 15) is 19.5 Å². The molecule has 1 aromatic carbocycles. The van der Waals surface area contributed by atoms with Gasteiger partial charge in [-0.05, 0) is 44.9 Å². The minimum Gasteiger partial charge on any atom is -0.444 e. The Morgan fingerprint density at radius 2 is 1.87 bits per heavy atom. The average molecular weight is 412 g/mol. The maximum Gasteiger partial charge on any atom is 0.408 e. The highest BCUT2D eigenvalue weighted by Crippen LogP contribution is 2.37. The zero-order valence-electron chi connectivity index (χ0n) is 17.5. The number of carbonyl (C=O) groups is 3. The number of hydrogen-bond acceptors (Lipinski definition) is 5. The van der Waals surface area contributed by atoms with Crippen LogP contribution in [0, 0.1) is 0 Å². The molecule has 30 heavy (non-hydrogen) atoms. The third-order valence-electron chi connectivity index (χ3n) is 5.17. The molecule has 1 aliphatic carbocycles. The fourth-order valence-corrected chi connectivity index (χ4v) is 3.95. The number of aliphatic hydroxyl groups is 1. The zero-order valence-corrected chi connectivity index (χ0v) is 17.5. The highest BCUT2D eigenvalue weighted by molar-refractivity contribution is 6.01. The van der Waals surface area contributed by atoms with Crippen molar-refractivity contribution in [2.24, 2.45) is 0 Å². The van der Waals surface area contributed by atoms with Crippen molar-refractivity contribution in [2.75, 3.05) is 6.61 Å².